The monoisotopic (exact) mass is 518 g/mol. The molecule has 1 fully saturated rings. The Balaban J connectivity index is 1.57. The molecule has 0 saturated carbocycles. The SMILES string of the molecule is CCCN1Cc2nc(CCC3CCOCC3)c(-c3nnc(C)o3)c(-c3cc4ccnc(N)c4s3)c2C1=O. The van der Waals surface area contributed by atoms with Gasteiger partial charge < -0.3 is 19.8 Å². The minimum atomic E-state index is -0.00336. The van der Waals surface area contributed by atoms with Crippen LogP contribution in [-0.4, -0.2) is 50.7 Å². The van der Waals surface area contributed by atoms with Gasteiger partial charge in [0.05, 0.1) is 33.8 Å². The zero-order valence-electron chi connectivity index (χ0n) is 21.1. The van der Waals surface area contributed by atoms with Crippen molar-refractivity contribution in [2.45, 2.75) is 52.5 Å². The maximum absolute atomic E-state index is 13.7. The topological polar surface area (TPSA) is 120 Å². The van der Waals surface area contributed by atoms with E-state index >= 15 is 0 Å². The number of rotatable bonds is 7. The van der Waals surface area contributed by atoms with Gasteiger partial charge in [-0.1, -0.05) is 6.92 Å². The van der Waals surface area contributed by atoms with Crippen molar-refractivity contribution in [3.63, 3.8) is 0 Å². The van der Waals surface area contributed by atoms with E-state index in [1.54, 1.807) is 13.1 Å². The highest BCUT2D eigenvalue weighted by Gasteiger charge is 2.36. The van der Waals surface area contributed by atoms with Gasteiger partial charge in [-0.05, 0) is 55.5 Å². The summed E-state index contributed by atoms with van der Waals surface area (Å²) in [6.07, 6.45) is 6.45. The predicted octanol–water partition coefficient (Wildman–Crippen LogP) is 5.02. The molecule has 192 valence electrons. The van der Waals surface area contributed by atoms with Crippen LogP contribution in [0.25, 0.3) is 32.0 Å². The van der Waals surface area contributed by atoms with Gasteiger partial charge in [0, 0.05) is 43.3 Å². The number of anilines is 1. The molecule has 10 heteroatoms. The number of thiophene rings is 1. The summed E-state index contributed by atoms with van der Waals surface area (Å²) in [4.78, 5) is 25.9. The molecule has 6 heterocycles. The molecule has 37 heavy (non-hydrogen) atoms. The average molecular weight is 519 g/mol. The van der Waals surface area contributed by atoms with Crippen LogP contribution in [0.2, 0.25) is 0 Å². The Morgan fingerprint density at radius 2 is 2.03 bits per heavy atom. The second-order valence-corrected chi connectivity index (χ2v) is 10.9. The van der Waals surface area contributed by atoms with E-state index in [1.807, 2.05) is 11.0 Å². The smallest absolute Gasteiger partial charge is 0.256 e. The van der Waals surface area contributed by atoms with Crippen molar-refractivity contribution in [3.8, 4) is 21.9 Å². The van der Waals surface area contributed by atoms with Crippen LogP contribution in [0.5, 0.6) is 0 Å². The third-order valence-electron chi connectivity index (χ3n) is 7.26. The van der Waals surface area contributed by atoms with Crippen molar-refractivity contribution in [1.29, 1.82) is 0 Å². The van der Waals surface area contributed by atoms with Gasteiger partial charge in [-0.2, -0.15) is 0 Å². The zero-order valence-corrected chi connectivity index (χ0v) is 21.9. The molecule has 2 N–H and O–H groups in total. The number of aryl methyl sites for hydroxylation is 2. The first-order valence-corrected chi connectivity index (χ1v) is 13.7. The minimum Gasteiger partial charge on any atom is -0.421 e. The normalized spacial score (nSPS) is 16.2. The van der Waals surface area contributed by atoms with Gasteiger partial charge in [-0.3, -0.25) is 9.78 Å². The van der Waals surface area contributed by atoms with Crippen LogP contribution >= 0.6 is 11.3 Å². The number of nitrogens with zero attached hydrogens (tertiary/aromatic N) is 5. The highest BCUT2D eigenvalue weighted by molar-refractivity contribution is 7.22. The summed E-state index contributed by atoms with van der Waals surface area (Å²) in [6.45, 7) is 6.67. The maximum Gasteiger partial charge on any atom is 0.256 e. The van der Waals surface area contributed by atoms with Crippen molar-refractivity contribution >= 4 is 33.1 Å². The Hall–Kier alpha value is -3.37. The summed E-state index contributed by atoms with van der Waals surface area (Å²) in [5.41, 5.74) is 10.2. The number of carbonyl (C=O) groups is 1. The summed E-state index contributed by atoms with van der Waals surface area (Å²) in [7, 11) is 0. The fourth-order valence-electron chi connectivity index (χ4n) is 5.43. The number of carbonyl (C=O) groups excluding carboxylic acids is 1. The first-order valence-electron chi connectivity index (χ1n) is 12.9. The lowest BCUT2D eigenvalue weighted by Gasteiger charge is -2.22. The summed E-state index contributed by atoms with van der Waals surface area (Å²) < 4.78 is 12.5. The molecule has 0 spiro atoms. The molecular weight excluding hydrogens is 488 g/mol. The van der Waals surface area contributed by atoms with E-state index in [-0.39, 0.29) is 5.91 Å². The van der Waals surface area contributed by atoms with E-state index in [0.29, 0.717) is 42.2 Å². The summed E-state index contributed by atoms with van der Waals surface area (Å²) in [5.74, 6) is 1.93. The number of hydrogen-bond acceptors (Lipinski definition) is 9. The Bertz CT molecular complexity index is 1470. The Morgan fingerprint density at radius 1 is 1.19 bits per heavy atom. The molecule has 0 atom stereocenters. The fourth-order valence-corrected chi connectivity index (χ4v) is 6.55. The molecule has 0 unspecified atom stereocenters. The van der Waals surface area contributed by atoms with Crippen molar-refractivity contribution in [3.05, 3.63) is 41.2 Å². The molecular formula is C27H30N6O3S. The van der Waals surface area contributed by atoms with Crippen molar-refractivity contribution < 1.29 is 13.9 Å². The summed E-state index contributed by atoms with van der Waals surface area (Å²) in [6, 6.07) is 4.03. The highest BCUT2D eigenvalue weighted by atomic mass is 32.1. The molecule has 1 saturated heterocycles. The van der Waals surface area contributed by atoms with Crippen LogP contribution in [0.4, 0.5) is 5.82 Å². The van der Waals surface area contributed by atoms with E-state index < -0.39 is 0 Å². The molecule has 4 aromatic heterocycles. The molecule has 6 rings (SSSR count). The van der Waals surface area contributed by atoms with Crippen LogP contribution in [0.15, 0.2) is 22.7 Å². The lowest BCUT2D eigenvalue weighted by molar-refractivity contribution is 0.0639. The van der Waals surface area contributed by atoms with E-state index in [9.17, 15) is 4.79 Å². The Morgan fingerprint density at radius 3 is 2.76 bits per heavy atom. The third-order valence-corrected chi connectivity index (χ3v) is 8.45. The van der Waals surface area contributed by atoms with Crippen LogP contribution in [0, 0.1) is 12.8 Å². The number of nitrogens with two attached hydrogens (primary N) is 1. The number of ether oxygens (including phenoxy) is 1. The summed E-state index contributed by atoms with van der Waals surface area (Å²) in [5, 5.41) is 9.51. The molecule has 0 radical (unpaired) electrons. The number of amides is 1. The molecule has 0 aliphatic carbocycles. The van der Waals surface area contributed by atoms with E-state index in [2.05, 4.69) is 28.2 Å². The second kappa shape index (κ2) is 9.83. The van der Waals surface area contributed by atoms with Gasteiger partial charge in [0.25, 0.3) is 5.91 Å². The van der Waals surface area contributed by atoms with Gasteiger partial charge >= 0.3 is 0 Å². The molecule has 1 amide bonds. The number of nitrogen functional groups attached to an aromatic ring is 1. The van der Waals surface area contributed by atoms with Crippen molar-refractivity contribution in [1.82, 2.24) is 25.1 Å². The Kier molecular flexibility index (Phi) is 6.37. The summed E-state index contributed by atoms with van der Waals surface area (Å²) >= 11 is 1.54. The van der Waals surface area contributed by atoms with Crippen LogP contribution in [0.3, 0.4) is 0 Å². The third kappa shape index (κ3) is 4.38. The molecule has 9 nitrogen and oxygen atoms in total. The van der Waals surface area contributed by atoms with Crippen LogP contribution in [0.1, 0.15) is 60.2 Å². The molecule has 0 aromatic carbocycles. The number of pyridine rings is 2. The van der Waals surface area contributed by atoms with Crippen LogP contribution in [-0.2, 0) is 17.7 Å². The van der Waals surface area contributed by atoms with E-state index in [4.69, 9.17) is 19.9 Å². The van der Waals surface area contributed by atoms with Gasteiger partial charge in [0.1, 0.15) is 5.82 Å². The maximum atomic E-state index is 13.7. The average Bonchev–Trinajstić information content (AvgIpc) is 3.61. The minimum absolute atomic E-state index is 0.00336. The van der Waals surface area contributed by atoms with E-state index in [1.165, 1.54) is 11.3 Å². The van der Waals surface area contributed by atoms with Gasteiger partial charge in [0.2, 0.25) is 11.8 Å². The van der Waals surface area contributed by atoms with Gasteiger partial charge in [-0.25, -0.2) is 4.98 Å². The first kappa shape index (κ1) is 24.0. The highest BCUT2D eigenvalue weighted by Crippen LogP contribution is 2.46. The van der Waals surface area contributed by atoms with Crippen LogP contribution < -0.4 is 5.73 Å². The Labute approximate surface area is 219 Å². The van der Waals surface area contributed by atoms with Gasteiger partial charge in [-0.15, -0.1) is 21.5 Å². The van der Waals surface area contributed by atoms with Gasteiger partial charge in [0.15, 0.2) is 0 Å². The van der Waals surface area contributed by atoms with E-state index in [0.717, 1.165) is 82.8 Å². The number of hydrogen-bond donors (Lipinski definition) is 1. The lowest BCUT2D eigenvalue weighted by Crippen LogP contribution is -2.24. The predicted molar refractivity (Wildman–Crippen MR) is 142 cm³/mol. The molecule has 4 aromatic rings. The lowest BCUT2D eigenvalue weighted by atomic mass is 9.90. The zero-order chi connectivity index (χ0) is 25.5. The molecule has 2 aliphatic heterocycles. The standard InChI is InChI=1S/C27H30N6O3S/c1-3-10-33-14-19-22(27(33)34)23(20-13-17-6-9-29-25(28)24(17)37-20)21(26-32-31-15(2)36-26)18(30-19)5-4-16-7-11-35-12-8-16/h6,9,13,16H,3-5,7-8,10-12,14H2,1-2H3,(H2,28,29). The largest absolute Gasteiger partial charge is 0.421 e. The quantitative estimate of drug-likeness (QED) is 0.362. The molecule has 2 aliphatic rings. The van der Waals surface area contributed by atoms with Crippen molar-refractivity contribution in [2.24, 2.45) is 5.92 Å². The second-order valence-electron chi connectivity index (χ2n) is 9.80. The van der Waals surface area contributed by atoms with Crippen molar-refractivity contribution in [2.75, 3.05) is 25.5 Å². The first-order chi connectivity index (χ1) is 18.0. The molecule has 0 bridgehead atoms. The number of fused-ring (bicyclic) bond motifs is 2. The fraction of sp³-hybridized carbons (Fsp3) is 0.444. The number of aromatic nitrogens is 4.